The van der Waals surface area contributed by atoms with Crippen LogP contribution in [0.3, 0.4) is 0 Å². The molecule has 0 saturated carbocycles. The first kappa shape index (κ1) is 19.4. The number of nitrogens with zero attached hydrogens (tertiary/aromatic N) is 3. The monoisotopic (exact) mass is 383 g/mol. The van der Waals surface area contributed by atoms with Crippen molar-refractivity contribution >= 4 is 11.8 Å². The van der Waals surface area contributed by atoms with Crippen molar-refractivity contribution in [3.05, 3.63) is 35.9 Å². The lowest BCUT2D eigenvalue weighted by atomic mass is 9.92. The zero-order chi connectivity index (χ0) is 19.3. The first-order valence-corrected chi connectivity index (χ1v) is 11.1. The van der Waals surface area contributed by atoms with E-state index in [0.717, 1.165) is 83.4 Å². The molecular formula is C23H33N3O2. The third-order valence-electron chi connectivity index (χ3n) is 6.75. The highest BCUT2D eigenvalue weighted by Crippen LogP contribution is 2.26. The van der Waals surface area contributed by atoms with Crippen LogP contribution in [0, 0.1) is 5.92 Å². The lowest BCUT2D eigenvalue weighted by Crippen LogP contribution is -2.52. The molecule has 0 radical (unpaired) electrons. The van der Waals surface area contributed by atoms with E-state index in [1.165, 1.54) is 0 Å². The quantitative estimate of drug-likeness (QED) is 0.803. The lowest BCUT2D eigenvalue weighted by Gasteiger charge is -2.42. The minimum Gasteiger partial charge on any atom is -0.342 e. The molecule has 4 rings (SSSR count). The van der Waals surface area contributed by atoms with Crippen molar-refractivity contribution in [1.82, 2.24) is 14.7 Å². The standard InChI is InChI=1S/C23H33N3O2/c27-22(17-19-7-2-1-3-8-19)24-15-10-21(11-16-24)26-14-6-9-20(18-26)23(28)25-12-4-5-13-25/h1-3,7-8,20-21H,4-6,9-18H2/t20-/m1/s1. The third-order valence-corrected chi connectivity index (χ3v) is 6.75. The van der Waals surface area contributed by atoms with Crippen molar-refractivity contribution in [2.45, 2.75) is 51.0 Å². The SMILES string of the molecule is O=C(Cc1ccccc1)N1CCC(N2CCC[C@@H](C(=O)N3CCCC3)C2)CC1. The normalized spacial score (nSPS) is 24.5. The van der Waals surface area contributed by atoms with Crippen LogP contribution in [0.1, 0.15) is 44.1 Å². The molecule has 1 aromatic rings. The number of benzene rings is 1. The van der Waals surface area contributed by atoms with Gasteiger partial charge in [-0.2, -0.15) is 0 Å². The fourth-order valence-corrected chi connectivity index (χ4v) is 5.10. The van der Waals surface area contributed by atoms with E-state index in [9.17, 15) is 9.59 Å². The predicted octanol–water partition coefficient (Wildman–Crippen LogP) is 2.55. The molecule has 28 heavy (non-hydrogen) atoms. The van der Waals surface area contributed by atoms with E-state index < -0.39 is 0 Å². The van der Waals surface area contributed by atoms with Gasteiger partial charge in [0.05, 0.1) is 12.3 Å². The summed E-state index contributed by atoms with van der Waals surface area (Å²) in [5.74, 6) is 0.813. The molecule has 5 heteroatoms. The zero-order valence-electron chi connectivity index (χ0n) is 16.9. The van der Waals surface area contributed by atoms with Gasteiger partial charge in [0.2, 0.25) is 11.8 Å². The minimum absolute atomic E-state index is 0.185. The van der Waals surface area contributed by atoms with E-state index in [0.29, 0.717) is 18.4 Å². The highest BCUT2D eigenvalue weighted by molar-refractivity contribution is 5.79. The molecule has 0 unspecified atom stereocenters. The van der Waals surface area contributed by atoms with Gasteiger partial charge in [-0.15, -0.1) is 0 Å². The number of rotatable bonds is 4. The summed E-state index contributed by atoms with van der Waals surface area (Å²) >= 11 is 0. The first-order valence-electron chi connectivity index (χ1n) is 11.1. The van der Waals surface area contributed by atoms with Gasteiger partial charge in [0.1, 0.15) is 0 Å². The van der Waals surface area contributed by atoms with Crippen molar-refractivity contribution < 1.29 is 9.59 Å². The Balaban J connectivity index is 1.26. The number of carbonyl (C=O) groups is 2. The summed E-state index contributed by atoms with van der Waals surface area (Å²) in [6.45, 7) is 5.62. The zero-order valence-corrected chi connectivity index (χ0v) is 16.9. The predicted molar refractivity (Wildman–Crippen MR) is 110 cm³/mol. The Labute approximate surface area is 168 Å². The smallest absolute Gasteiger partial charge is 0.226 e. The molecular weight excluding hydrogens is 350 g/mol. The molecule has 5 nitrogen and oxygen atoms in total. The molecule has 3 aliphatic heterocycles. The molecule has 1 atom stereocenters. The van der Waals surface area contributed by atoms with Gasteiger partial charge in [0.15, 0.2) is 0 Å². The van der Waals surface area contributed by atoms with Crippen molar-refractivity contribution in [3.63, 3.8) is 0 Å². The third kappa shape index (κ3) is 4.57. The van der Waals surface area contributed by atoms with E-state index in [-0.39, 0.29) is 11.8 Å². The van der Waals surface area contributed by atoms with E-state index in [1.807, 2.05) is 35.2 Å². The average Bonchev–Trinajstić information content (AvgIpc) is 3.29. The number of hydrogen-bond acceptors (Lipinski definition) is 3. The fourth-order valence-electron chi connectivity index (χ4n) is 5.10. The average molecular weight is 384 g/mol. The second kappa shape index (κ2) is 9.08. The maximum Gasteiger partial charge on any atom is 0.226 e. The Bertz CT molecular complexity index is 664. The van der Waals surface area contributed by atoms with Crippen LogP contribution in [0.5, 0.6) is 0 Å². The van der Waals surface area contributed by atoms with Gasteiger partial charge in [0.25, 0.3) is 0 Å². The lowest BCUT2D eigenvalue weighted by molar-refractivity contribution is -0.136. The van der Waals surface area contributed by atoms with Crippen LogP contribution >= 0.6 is 0 Å². The number of likely N-dealkylation sites (tertiary alicyclic amines) is 3. The van der Waals surface area contributed by atoms with Crippen LogP contribution in [-0.2, 0) is 16.0 Å². The summed E-state index contributed by atoms with van der Waals surface area (Å²) in [6, 6.07) is 10.5. The molecule has 0 bridgehead atoms. The van der Waals surface area contributed by atoms with Gasteiger partial charge in [0, 0.05) is 38.8 Å². The van der Waals surface area contributed by atoms with E-state index >= 15 is 0 Å². The Kier molecular flexibility index (Phi) is 6.30. The van der Waals surface area contributed by atoms with Crippen LogP contribution in [0.25, 0.3) is 0 Å². The Hall–Kier alpha value is -1.88. The molecule has 3 fully saturated rings. The highest BCUT2D eigenvalue weighted by Gasteiger charge is 2.34. The molecule has 3 aliphatic rings. The summed E-state index contributed by atoms with van der Waals surface area (Å²) < 4.78 is 0. The van der Waals surface area contributed by atoms with Crippen molar-refractivity contribution in [2.75, 3.05) is 39.3 Å². The first-order chi connectivity index (χ1) is 13.7. The van der Waals surface area contributed by atoms with Gasteiger partial charge < -0.3 is 9.80 Å². The number of piperidine rings is 2. The number of hydrogen-bond donors (Lipinski definition) is 0. The molecule has 0 aliphatic carbocycles. The van der Waals surface area contributed by atoms with Crippen molar-refractivity contribution in [1.29, 1.82) is 0 Å². The van der Waals surface area contributed by atoms with Crippen molar-refractivity contribution in [3.8, 4) is 0 Å². The van der Waals surface area contributed by atoms with E-state index in [1.54, 1.807) is 0 Å². The van der Waals surface area contributed by atoms with Crippen LogP contribution in [-0.4, -0.2) is 71.8 Å². The topological polar surface area (TPSA) is 43.9 Å². The largest absolute Gasteiger partial charge is 0.342 e. The Morgan fingerprint density at radius 3 is 2.25 bits per heavy atom. The van der Waals surface area contributed by atoms with Gasteiger partial charge in [-0.25, -0.2) is 0 Å². The molecule has 152 valence electrons. The maximum absolute atomic E-state index is 12.8. The van der Waals surface area contributed by atoms with Gasteiger partial charge in [-0.3, -0.25) is 14.5 Å². The Morgan fingerprint density at radius 1 is 0.821 bits per heavy atom. The highest BCUT2D eigenvalue weighted by atomic mass is 16.2. The summed E-state index contributed by atoms with van der Waals surface area (Å²) in [4.78, 5) is 32.0. The van der Waals surface area contributed by atoms with E-state index in [4.69, 9.17) is 0 Å². The van der Waals surface area contributed by atoms with Gasteiger partial charge >= 0.3 is 0 Å². The molecule has 1 aromatic carbocycles. The van der Waals surface area contributed by atoms with Crippen molar-refractivity contribution in [2.24, 2.45) is 5.92 Å². The van der Waals surface area contributed by atoms with Crippen LogP contribution in [0.15, 0.2) is 30.3 Å². The Morgan fingerprint density at radius 2 is 1.54 bits per heavy atom. The summed E-state index contributed by atoms with van der Waals surface area (Å²) in [7, 11) is 0. The fraction of sp³-hybridized carbons (Fsp3) is 0.652. The van der Waals surface area contributed by atoms with Crippen LogP contribution in [0.4, 0.5) is 0 Å². The second-order valence-electron chi connectivity index (χ2n) is 8.64. The summed E-state index contributed by atoms with van der Waals surface area (Å²) in [5, 5.41) is 0. The molecule has 2 amide bonds. The molecule has 0 aromatic heterocycles. The molecule has 3 saturated heterocycles. The molecule has 0 N–H and O–H groups in total. The van der Waals surface area contributed by atoms with E-state index in [2.05, 4.69) is 9.80 Å². The number of carbonyl (C=O) groups excluding carboxylic acids is 2. The summed E-state index contributed by atoms with van der Waals surface area (Å²) in [6.07, 6.45) is 7.06. The van der Waals surface area contributed by atoms with Gasteiger partial charge in [-0.1, -0.05) is 30.3 Å². The van der Waals surface area contributed by atoms with Gasteiger partial charge in [-0.05, 0) is 50.6 Å². The second-order valence-corrected chi connectivity index (χ2v) is 8.64. The molecule has 3 heterocycles. The minimum atomic E-state index is 0.185. The number of amides is 2. The molecule has 0 spiro atoms. The van der Waals surface area contributed by atoms with Crippen LogP contribution in [0.2, 0.25) is 0 Å². The van der Waals surface area contributed by atoms with Crippen LogP contribution < -0.4 is 0 Å². The summed E-state index contributed by atoms with van der Waals surface area (Å²) in [5.41, 5.74) is 1.09. The maximum atomic E-state index is 12.8.